The predicted octanol–water partition coefficient (Wildman–Crippen LogP) is -1.35. The van der Waals surface area contributed by atoms with Gasteiger partial charge in [-0.05, 0) is 33.5 Å². The van der Waals surface area contributed by atoms with Gasteiger partial charge < -0.3 is 21.7 Å². The van der Waals surface area contributed by atoms with Crippen LogP contribution in [-0.2, 0) is 4.79 Å². The molecule has 1 amide bonds. The van der Waals surface area contributed by atoms with Crippen molar-refractivity contribution in [3.8, 4) is 0 Å². The van der Waals surface area contributed by atoms with E-state index >= 15 is 0 Å². The van der Waals surface area contributed by atoms with E-state index in [4.69, 9.17) is 5.73 Å². The Bertz CT molecular complexity index is 152. The van der Waals surface area contributed by atoms with Crippen molar-refractivity contribution < 1.29 is 4.79 Å². The lowest BCUT2D eigenvalue weighted by Crippen LogP contribution is -2.44. The van der Waals surface area contributed by atoms with Gasteiger partial charge in [-0.3, -0.25) is 4.79 Å². The summed E-state index contributed by atoms with van der Waals surface area (Å²) in [5.74, 6) is 0.0520. The summed E-state index contributed by atoms with van der Waals surface area (Å²) in [6.07, 6.45) is 1.66. The van der Waals surface area contributed by atoms with Crippen molar-refractivity contribution >= 4 is 5.91 Å². The summed E-state index contributed by atoms with van der Waals surface area (Å²) in [5, 5.41) is 8.78. The molecule has 0 aromatic carbocycles. The van der Waals surface area contributed by atoms with Gasteiger partial charge in [-0.15, -0.1) is 0 Å². The van der Waals surface area contributed by atoms with Gasteiger partial charge in [0.05, 0.1) is 6.04 Å². The van der Waals surface area contributed by atoms with Crippen molar-refractivity contribution in [1.29, 1.82) is 0 Å². The molecule has 0 aliphatic carbocycles. The van der Waals surface area contributed by atoms with Gasteiger partial charge in [0, 0.05) is 13.1 Å². The molecule has 5 heteroatoms. The van der Waals surface area contributed by atoms with Crippen LogP contribution in [0.3, 0.4) is 0 Å². The summed E-state index contributed by atoms with van der Waals surface area (Å²) in [7, 11) is 3.65. The highest BCUT2D eigenvalue weighted by Gasteiger charge is 2.14. The molecule has 0 saturated heterocycles. The van der Waals surface area contributed by atoms with E-state index in [1.165, 1.54) is 0 Å². The number of rotatable bonds is 8. The second-order valence-corrected chi connectivity index (χ2v) is 3.17. The van der Waals surface area contributed by atoms with Crippen molar-refractivity contribution in [2.75, 3.05) is 33.7 Å². The molecular weight excluding hydrogens is 180 g/mol. The van der Waals surface area contributed by atoms with Crippen molar-refractivity contribution in [2.45, 2.75) is 18.9 Å². The zero-order valence-electron chi connectivity index (χ0n) is 9.10. The van der Waals surface area contributed by atoms with E-state index in [0.717, 1.165) is 19.4 Å². The van der Waals surface area contributed by atoms with E-state index in [9.17, 15) is 4.79 Å². The van der Waals surface area contributed by atoms with Crippen LogP contribution in [0, 0.1) is 0 Å². The fraction of sp³-hybridized carbons (Fsp3) is 0.889. The normalized spacial score (nSPS) is 12.5. The van der Waals surface area contributed by atoms with Gasteiger partial charge in [0.15, 0.2) is 0 Å². The van der Waals surface area contributed by atoms with Gasteiger partial charge in [-0.1, -0.05) is 0 Å². The minimum atomic E-state index is -0.115. The molecule has 0 aromatic rings. The number of likely N-dealkylation sites (N-methyl/N-ethyl adjacent to an activating group) is 2. The summed E-state index contributed by atoms with van der Waals surface area (Å²) in [5.41, 5.74) is 5.38. The zero-order chi connectivity index (χ0) is 10.8. The smallest absolute Gasteiger partial charge is 0.237 e. The average Bonchev–Trinajstić information content (AvgIpc) is 2.19. The number of nitrogens with two attached hydrogens (primary N) is 1. The molecule has 0 spiro atoms. The summed E-state index contributed by atoms with van der Waals surface area (Å²) >= 11 is 0. The standard InChI is InChI=1S/C9H22N4O/c1-11-6-7-13-9(14)8(12-2)4-3-5-10/h8,11-12H,3-7,10H2,1-2H3,(H,13,14)/t8-/m0/s1. The predicted molar refractivity (Wildman–Crippen MR) is 58.1 cm³/mol. The summed E-state index contributed by atoms with van der Waals surface area (Å²) in [6, 6.07) is -0.115. The number of carbonyl (C=O) groups is 1. The molecule has 0 aromatic heterocycles. The Morgan fingerprint density at radius 2 is 2.07 bits per heavy atom. The first-order chi connectivity index (χ1) is 6.76. The number of amides is 1. The van der Waals surface area contributed by atoms with Crippen LogP contribution in [0.2, 0.25) is 0 Å². The zero-order valence-corrected chi connectivity index (χ0v) is 9.10. The summed E-state index contributed by atoms with van der Waals surface area (Å²) < 4.78 is 0. The van der Waals surface area contributed by atoms with Crippen molar-refractivity contribution in [3.05, 3.63) is 0 Å². The molecule has 0 fully saturated rings. The Morgan fingerprint density at radius 3 is 2.57 bits per heavy atom. The number of hydrogen-bond donors (Lipinski definition) is 4. The van der Waals surface area contributed by atoms with Crippen LogP contribution in [0.4, 0.5) is 0 Å². The number of hydrogen-bond acceptors (Lipinski definition) is 4. The van der Waals surface area contributed by atoms with Gasteiger partial charge >= 0.3 is 0 Å². The maximum Gasteiger partial charge on any atom is 0.237 e. The van der Waals surface area contributed by atoms with Crippen molar-refractivity contribution in [2.24, 2.45) is 5.73 Å². The maximum atomic E-state index is 11.5. The second-order valence-electron chi connectivity index (χ2n) is 3.17. The first-order valence-corrected chi connectivity index (χ1v) is 5.06. The van der Waals surface area contributed by atoms with Gasteiger partial charge in [0.25, 0.3) is 0 Å². The molecule has 0 unspecified atom stereocenters. The first kappa shape index (κ1) is 13.4. The monoisotopic (exact) mass is 202 g/mol. The molecule has 0 aliphatic rings. The van der Waals surface area contributed by atoms with Gasteiger partial charge in [-0.25, -0.2) is 0 Å². The fourth-order valence-electron chi connectivity index (χ4n) is 1.16. The SMILES string of the molecule is CNCCNC(=O)[C@H](CCCN)NC. The van der Waals surface area contributed by atoms with Crippen molar-refractivity contribution in [1.82, 2.24) is 16.0 Å². The molecule has 84 valence electrons. The number of carbonyl (C=O) groups excluding carboxylic acids is 1. The Hall–Kier alpha value is -0.650. The van der Waals surface area contributed by atoms with Crippen LogP contribution in [0.1, 0.15) is 12.8 Å². The molecule has 0 bridgehead atoms. The van der Waals surface area contributed by atoms with E-state index in [2.05, 4.69) is 16.0 Å². The summed E-state index contributed by atoms with van der Waals surface area (Å²) in [6.45, 7) is 2.08. The topological polar surface area (TPSA) is 79.2 Å². The molecule has 5 nitrogen and oxygen atoms in total. The Balaban J connectivity index is 3.67. The van der Waals surface area contributed by atoms with Gasteiger partial charge in [0.2, 0.25) is 5.91 Å². The molecule has 0 radical (unpaired) electrons. The Labute approximate surface area is 85.8 Å². The third-order valence-electron chi connectivity index (χ3n) is 2.04. The fourth-order valence-corrected chi connectivity index (χ4v) is 1.16. The lowest BCUT2D eigenvalue weighted by Gasteiger charge is -2.15. The molecule has 0 saturated carbocycles. The van der Waals surface area contributed by atoms with Gasteiger partial charge in [-0.2, -0.15) is 0 Å². The second kappa shape index (κ2) is 8.93. The highest BCUT2D eigenvalue weighted by atomic mass is 16.2. The highest BCUT2D eigenvalue weighted by Crippen LogP contribution is 1.95. The molecule has 5 N–H and O–H groups in total. The van der Waals surface area contributed by atoms with Crippen LogP contribution in [0.25, 0.3) is 0 Å². The largest absolute Gasteiger partial charge is 0.353 e. The van der Waals surface area contributed by atoms with Crippen LogP contribution in [-0.4, -0.2) is 45.7 Å². The first-order valence-electron chi connectivity index (χ1n) is 5.06. The highest BCUT2D eigenvalue weighted by molar-refractivity contribution is 5.81. The van der Waals surface area contributed by atoms with E-state index in [1.54, 1.807) is 7.05 Å². The van der Waals surface area contributed by atoms with Crippen LogP contribution in [0.5, 0.6) is 0 Å². The maximum absolute atomic E-state index is 11.5. The van der Waals surface area contributed by atoms with E-state index < -0.39 is 0 Å². The Kier molecular flexibility index (Phi) is 8.51. The molecule has 0 aliphatic heterocycles. The van der Waals surface area contributed by atoms with Crippen molar-refractivity contribution in [3.63, 3.8) is 0 Å². The minimum absolute atomic E-state index is 0.0520. The summed E-state index contributed by atoms with van der Waals surface area (Å²) in [4.78, 5) is 11.5. The van der Waals surface area contributed by atoms with Crippen LogP contribution < -0.4 is 21.7 Å². The molecule has 0 heterocycles. The van der Waals surface area contributed by atoms with E-state index in [1.807, 2.05) is 7.05 Å². The lowest BCUT2D eigenvalue weighted by molar-refractivity contribution is -0.123. The average molecular weight is 202 g/mol. The van der Waals surface area contributed by atoms with Gasteiger partial charge in [0.1, 0.15) is 0 Å². The number of nitrogens with one attached hydrogen (secondary N) is 3. The van der Waals surface area contributed by atoms with Crippen LogP contribution >= 0.6 is 0 Å². The molecular formula is C9H22N4O. The van der Waals surface area contributed by atoms with E-state index in [0.29, 0.717) is 13.1 Å². The third kappa shape index (κ3) is 5.90. The lowest BCUT2D eigenvalue weighted by atomic mass is 10.1. The minimum Gasteiger partial charge on any atom is -0.353 e. The van der Waals surface area contributed by atoms with E-state index in [-0.39, 0.29) is 11.9 Å². The molecule has 14 heavy (non-hydrogen) atoms. The van der Waals surface area contributed by atoms with Crippen LogP contribution in [0.15, 0.2) is 0 Å². The quantitative estimate of drug-likeness (QED) is 0.367. The third-order valence-corrected chi connectivity index (χ3v) is 2.04. The molecule has 1 atom stereocenters. The Morgan fingerprint density at radius 1 is 1.36 bits per heavy atom. The molecule has 0 rings (SSSR count).